The van der Waals surface area contributed by atoms with Crippen LogP contribution in [-0.2, 0) is 27.3 Å². The molecule has 0 bridgehead atoms. The van der Waals surface area contributed by atoms with Gasteiger partial charge in [0.15, 0.2) is 11.4 Å². The smallest absolute Gasteiger partial charge is 0.230 e. The van der Waals surface area contributed by atoms with Gasteiger partial charge in [0.25, 0.3) is 0 Å². The van der Waals surface area contributed by atoms with Crippen molar-refractivity contribution < 1.29 is 34.8 Å². The lowest BCUT2D eigenvalue weighted by Crippen LogP contribution is -2.66. The summed E-state index contributed by atoms with van der Waals surface area (Å²) < 4.78 is 0. The van der Waals surface area contributed by atoms with Crippen molar-refractivity contribution in [3.8, 4) is 5.75 Å². The maximum Gasteiger partial charge on any atom is 0.230 e. The minimum Gasteiger partial charge on any atom is -0.507 e. The van der Waals surface area contributed by atoms with E-state index < -0.39 is 52.7 Å². The van der Waals surface area contributed by atoms with Crippen LogP contribution in [0.25, 0.3) is 5.76 Å². The molecule has 1 aromatic rings. The number of carbonyl (C=O) groups excluding carboxylic acids is 3. The molecule has 0 spiro atoms. The number of hydrogen-bond acceptors (Lipinski definition) is 8. The van der Waals surface area contributed by atoms with E-state index in [0.29, 0.717) is 22.7 Å². The zero-order chi connectivity index (χ0) is 25.1. The van der Waals surface area contributed by atoms with Gasteiger partial charge in [-0.1, -0.05) is 17.7 Å². The lowest BCUT2D eigenvalue weighted by Gasteiger charge is -2.48. The third kappa shape index (κ3) is 3.46. The molecule has 34 heavy (non-hydrogen) atoms. The number of nitrogens with two attached hydrogens (primary N) is 1. The molecule has 0 heterocycles. The Morgan fingerprint density at radius 2 is 2.03 bits per heavy atom. The molecule has 6 N–H and O–H groups in total. The van der Waals surface area contributed by atoms with Gasteiger partial charge in [0.2, 0.25) is 11.7 Å². The number of ketones is 2. The molecular formula is C24H27ClN2O7. The van der Waals surface area contributed by atoms with Crippen LogP contribution in [0, 0.1) is 17.8 Å². The molecule has 3 aliphatic carbocycles. The van der Waals surface area contributed by atoms with Gasteiger partial charge in [-0.2, -0.15) is 0 Å². The fourth-order valence-electron chi connectivity index (χ4n) is 5.70. The van der Waals surface area contributed by atoms with Gasteiger partial charge in [0, 0.05) is 35.2 Å². The summed E-state index contributed by atoms with van der Waals surface area (Å²) in [6.45, 7) is 4.49. The molecule has 1 aromatic carbocycles. The molecule has 4 rings (SSSR count). The molecule has 9 nitrogen and oxygen atoms in total. The quantitative estimate of drug-likeness (QED) is 0.300. The van der Waals surface area contributed by atoms with E-state index in [9.17, 15) is 34.8 Å². The molecule has 0 aliphatic heterocycles. The van der Waals surface area contributed by atoms with E-state index in [0.717, 1.165) is 0 Å². The fourth-order valence-corrected chi connectivity index (χ4v) is 6.00. The van der Waals surface area contributed by atoms with Crippen molar-refractivity contribution in [2.75, 3.05) is 13.6 Å². The topological polar surface area (TPSA) is 161 Å². The Bertz CT molecular complexity index is 1150. The van der Waals surface area contributed by atoms with E-state index in [-0.39, 0.29) is 42.7 Å². The van der Waals surface area contributed by atoms with Gasteiger partial charge in [-0.05, 0) is 43.9 Å². The Hall–Kier alpha value is -2.72. The van der Waals surface area contributed by atoms with Crippen LogP contribution in [-0.4, -0.2) is 68.1 Å². The number of likely N-dealkylation sites (N-methyl/N-ethyl adjacent to an activating group) is 1. The van der Waals surface area contributed by atoms with Crippen molar-refractivity contribution in [3.63, 3.8) is 0 Å². The monoisotopic (exact) mass is 490 g/mol. The normalized spacial score (nSPS) is 30.6. The van der Waals surface area contributed by atoms with E-state index in [2.05, 4.69) is 6.58 Å². The lowest BCUT2D eigenvalue weighted by atomic mass is 9.56. The molecule has 5 atom stereocenters. The molecule has 0 radical (unpaired) electrons. The highest BCUT2D eigenvalue weighted by Gasteiger charge is 2.64. The van der Waals surface area contributed by atoms with Gasteiger partial charge >= 0.3 is 0 Å². The number of hydrogen-bond donors (Lipinski definition) is 5. The highest BCUT2D eigenvalue weighted by molar-refractivity contribution is 6.32. The number of fused-ring (bicyclic) bond motifs is 3. The number of amides is 1. The number of aliphatic hydroxyl groups is 3. The SMILES string of the molecule is C=CCN(C)Cc1cc(Cl)c2c(c1O)C(O)=C1C(=O)[C@]3(O)C(=O)C(C(N)=O)C(O)C[C@@H]3C[C@@H]1C2. The first kappa shape index (κ1) is 24.4. The summed E-state index contributed by atoms with van der Waals surface area (Å²) in [6, 6.07) is 1.61. The Kier molecular flexibility index (Phi) is 6.10. The summed E-state index contributed by atoms with van der Waals surface area (Å²) in [5.74, 6) is -7.42. The van der Waals surface area contributed by atoms with Crippen LogP contribution in [0.3, 0.4) is 0 Å². The molecule has 2 fully saturated rings. The van der Waals surface area contributed by atoms with E-state index in [1.54, 1.807) is 19.2 Å². The van der Waals surface area contributed by atoms with Crippen molar-refractivity contribution >= 4 is 34.8 Å². The number of benzene rings is 1. The van der Waals surface area contributed by atoms with Crippen LogP contribution in [0.15, 0.2) is 24.3 Å². The zero-order valence-corrected chi connectivity index (χ0v) is 19.4. The number of primary amides is 1. The summed E-state index contributed by atoms with van der Waals surface area (Å²) in [7, 11) is 1.81. The van der Waals surface area contributed by atoms with Crippen molar-refractivity contribution in [1.29, 1.82) is 0 Å². The highest BCUT2D eigenvalue weighted by atomic mass is 35.5. The van der Waals surface area contributed by atoms with Gasteiger partial charge in [0.1, 0.15) is 17.4 Å². The van der Waals surface area contributed by atoms with Crippen molar-refractivity contribution in [2.45, 2.75) is 37.5 Å². The van der Waals surface area contributed by atoms with E-state index in [1.165, 1.54) is 0 Å². The van der Waals surface area contributed by atoms with E-state index in [1.807, 2.05) is 4.90 Å². The van der Waals surface area contributed by atoms with Gasteiger partial charge in [-0.25, -0.2) is 0 Å². The number of phenolic OH excluding ortho intramolecular Hbond substituents is 1. The number of rotatable bonds is 5. The minimum atomic E-state index is -2.60. The predicted octanol–water partition coefficient (Wildman–Crippen LogP) is 0.860. The van der Waals surface area contributed by atoms with Crippen LogP contribution < -0.4 is 5.73 Å². The Morgan fingerprint density at radius 1 is 1.35 bits per heavy atom. The number of nitrogens with zero attached hydrogens (tertiary/aromatic N) is 1. The second-order valence-corrected chi connectivity index (χ2v) is 9.85. The maximum atomic E-state index is 13.5. The van der Waals surface area contributed by atoms with Crippen LogP contribution in [0.5, 0.6) is 5.75 Å². The Balaban J connectivity index is 1.83. The number of phenols is 1. The van der Waals surface area contributed by atoms with E-state index in [4.69, 9.17) is 17.3 Å². The van der Waals surface area contributed by atoms with Gasteiger partial charge in [-0.15, -0.1) is 6.58 Å². The molecule has 10 heteroatoms. The summed E-state index contributed by atoms with van der Waals surface area (Å²) in [5, 5.41) is 44.0. The Morgan fingerprint density at radius 3 is 2.65 bits per heavy atom. The molecule has 3 aliphatic rings. The van der Waals surface area contributed by atoms with Crippen molar-refractivity contribution in [1.82, 2.24) is 4.90 Å². The average molecular weight is 491 g/mol. The second kappa shape index (κ2) is 8.49. The predicted molar refractivity (Wildman–Crippen MR) is 123 cm³/mol. The summed E-state index contributed by atoms with van der Waals surface area (Å²) in [5.41, 5.74) is 3.32. The molecular weight excluding hydrogens is 464 g/mol. The lowest BCUT2D eigenvalue weighted by molar-refractivity contribution is -0.174. The van der Waals surface area contributed by atoms with Crippen molar-refractivity contribution in [2.24, 2.45) is 23.5 Å². The molecule has 182 valence electrons. The highest BCUT2D eigenvalue weighted by Crippen LogP contribution is 2.52. The van der Waals surface area contributed by atoms with Crippen LogP contribution >= 0.6 is 11.6 Å². The van der Waals surface area contributed by atoms with Crippen LogP contribution in [0.1, 0.15) is 29.5 Å². The summed E-state index contributed by atoms with van der Waals surface area (Å²) in [4.78, 5) is 40.1. The van der Waals surface area contributed by atoms with Gasteiger partial charge in [-0.3, -0.25) is 19.3 Å². The van der Waals surface area contributed by atoms with Crippen LogP contribution in [0.2, 0.25) is 5.02 Å². The molecule has 2 unspecified atom stereocenters. The molecule has 0 saturated heterocycles. The number of aromatic hydroxyl groups is 1. The maximum absolute atomic E-state index is 13.5. The minimum absolute atomic E-state index is 0.00843. The first-order valence-electron chi connectivity index (χ1n) is 11.0. The zero-order valence-electron chi connectivity index (χ0n) is 18.6. The van der Waals surface area contributed by atoms with Gasteiger partial charge in [0.05, 0.1) is 11.7 Å². The summed E-state index contributed by atoms with van der Waals surface area (Å²) in [6.07, 6.45) is 0.381. The average Bonchev–Trinajstić information content (AvgIpc) is 2.74. The first-order valence-corrected chi connectivity index (χ1v) is 11.4. The van der Waals surface area contributed by atoms with Crippen LogP contribution in [0.4, 0.5) is 0 Å². The first-order chi connectivity index (χ1) is 15.9. The standard InChI is InChI=1S/C24H27ClN2O7/c1-3-4-27(2)9-11-7-14(25)13-6-10-5-12-8-15(28)18(23(26)33)22(32)24(12,34)21(31)16(10)20(30)17(13)19(11)29/h3,7,10,12,15,18,28-30,34H,1,4-6,8-9H2,2H3,(H2,26,33)/t10-,12+,15?,18?,24+/m1/s1. The largest absolute Gasteiger partial charge is 0.507 e. The number of aliphatic hydroxyl groups excluding tert-OH is 2. The molecule has 0 aromatic heterocycles. The Labute approximate surface area is 201 Å². The third-order valence-corrected chi connectivity index (χ3v) is 7.63. The molecule has 2 saturated carbocycles. The number of Topliss-reactive ketones (excluding diaryl/α,β-unsaturated/α-hetero) is 2. The second-order valence-electron chi connectivity index (χ2n) is 9.44. The summed E-state index contributed by atoms with van der Waals surface area (Å²) >= 11 is 6.51. The molecule has 1 amide bonds. The third-order valence-electron chi connectivity index (χ3n) is 7.29. The van der Waals surface area contributed by atoms with E-state index >= 15 is 0 Å². The van der Waals surface area contributed by atoms with Gasteiger partial charge < -0.3 is 26.2 Å². The number of halogens is 1. The van der Waals surface area contributed by atoms with Crippen molar-refractivity contribution in [3.05, 3.63) is 46.0 Å². The fraction of sp³-hybridized carbons (Fsp3) is 0.458. The number of carbonyl (C=O) groups is 3.